The number of amides is 2. The molecule has 0 aliphatic carbocycles. The Morgan fingerprint density at radius 3 is 2.83 bits per heavy atom. The van der Waals surface area contributed by atoms with Crippen LogP contribution in [-0.2, 0) is 11.2 Å². The fourth-order valence-electron chi connectivity index (χ4n) is 2.55. The summed E-state index contributed by atoms with van der Waals surface area (Å²) in [5.74, 6) is -0.765. The first-order chi connectivity index (χ1) is 11.1. The van der Waals surface area contributed by atoms with Gasteiger partial charge in [0.15, 0.2) is 0 Å². The average Bonchev–Trinajstić information content (AvgIpc) is 3.00. The topological polar surface area (TPSA) is 101 Å². The molecule has 0 aliphatic rings. The summed E-state index contributed by atoms with van der Waals surface area (Å²) in [6.45, 7) is 1.92. The van der Waals surface area contributed by atoms with E-state index in [9.17, 15) is 9.59 Å². The first-order valence-corrected chi connectivity index (χ1v) is 7.16. The van der Waals surface area contributed by atoms with E-state index in [0.717, 1.165) is 16.6 Å². The Morgan fingerprint density at radius 2 is 2.04 bits per heavy atom. The molecule has 0 saturated carbocycles. The van der Waals surface area contributed by atoms with Crippen molar-refractivity contribution < 1.29 is 9.59 Å². The van der Waals surface area contributed by atoms with Crippen LogP contribution >= 0.6 is 0 Å². The predicted molar refractivity (Wildman–Crippen MR) is 88.1 cm³/mol. The van der Waals surface area contributed by atoms with E-state index in [4.69, 9.17) is 5.73 Å². The summed E-state index contributed by atoms with van der Waals surface area (Å²) >= 11 is 0. The molecule has 23 heavy (non-hydrogen) atoms. The quantitative estimate of drug-likeness (QED) is 0.688. The molecule has 2 aromatic heterocycles. The fraction of sp³-hybridized carbons (Fsp3) is 0.118. The molecule has 2 amide bonds. The summed E-state index contributed by atoms with van der Waals surface area (Å²) in [6.07, 6.45) is 3.50. The number of nitrogens with one attached hydrogen (secondary N) is 2. The van der Waals surface area contributed by atoms with Gasteiger partial charge in [-0.1, -0.05) is 18.2 Å². The molecule has 0 aliphatic heterocycles. The van der Waals surface area contributed by atoms with Crippen molar-refractivity contribution in [2.75, 3.05) is 5.32 Å². The molecule has 3 aromatic rings. The number of H-pyrrole nitrogens is 1. The number of carbonyl (C=O) groups excluding carboxylic acids is 2. The van der Waals surface area contributed by atoms with Gasteiger partial charge in [-0.2, -0.15) is 0 Å². The summed E-state index contributed by atoms with van der Waals surface area (Å²) in [7, 11) is 0. The molecule has 6 nitrogen and oxygen atoms in total. The first-order valence-electron chi connectivity index (χ1n) is 7.16. The third-order valence-electron chi connectivity index (χ3n) is 3.76. The van der Waals surface area contributed by atoms with E-state index in [1.54, 1.807) is 36.7 Å². The third kappa shape index (κ3) is 2.91. The molecule has 0 atom stereocenters. The number of rotatable bonds is 4. The summed E-state index contributed by atoms with van der Waals surface area (Å²) in [6, 6.07) is 8.74. The minimum Gasteiger partial charge on any atom is -0.366 e. The van der Waals surface area contributed by atoms with Crippen molar-refractivity contribution in [3.05, 3.63) is 59.4 Å². The molecule has 3 rings (SSSR count). The van der Waals surface area contributed by atoms with Gasteiger partial charge < -0.3 is 16.0 Å². The monoisotopic (exact) mass is 308 g/mol. The third-order valence-corrected chi connectivity index (χ3v) is 3.76. The molecule has 0 spiro atoms. The van der Waals surface area contributed by atoms with Crippen LogP contribution in [0.3, 0.4) is 0 Å². The van der Waals surface area contributed by atoms with Gasteiger partial charge >= 0.3 is 0 Å². The number of benzene rings is 1. The van der Waals surface area contributed by atoms with Crippen LogP contribution in [0.15, 0.2) is 42.7 Å². The molecule has 2 heterocycles. The highest BCUT2D eigenvalue weighted by Gasteiger charge is 2.13. The van der Waals surface area contributed by atoms with Crippen molar-refractivity contribution in [1.82, 2.24) is 9.97 Å². The number of nitrogens with zero attached hydrogens (tertiary/aromatic N) is 1. The van der Waals surface area contributed by atoms with E-state index in [-0.39, 0.29) is 12.3 Å². The van der Waals surface area contributed by atoms with E-state index in [2.05, 4.69) is 15.3 Å². The first kappa shape index (κ1) is 14.8. The van der Waals surface area contributed by atoms with Crippen molar-refractivity contribution in [2.24, 2.45) is 5.73 Å². The number of hydrogen-bond donors (Lipinski definition) is 3. The molecule has 116 valence electrons. The van der Waals surface area contributed by atoms with Gasteiger partial charge in [0.25, 0.3) is 0 Å². The molecule has 1 aromatic carbocycles. The Balaban J connectivity index is 1.82. The minimum atomic E-state index is -0.542. The van der Waals surface area contributed by atoms with Crippen molar-refractivity contribution in [3.63, 3.8) is 0 Å². The number of aromatic nitrogens is 2. The Hall–Kier alpha value is -3.15. The maximum Gasteiger partial charge on any atom is 0.248 e. The summed E-state index contributed by atoms with van der Waals surface area (Å²) in [4.78, 5) is 31.0. The lowest BCUT2D eigenvalue weighted by Gasteiger charge is -2.10. The number of hydrogen-bond acceptors (Lipinski definition) is 3. The Morgan fingerprint density at radius 1 is 1.26 bits per heavy atom. The van der Waals surface area contributed by atoms with E-state index < -0.39 is 5.91 Å². The van der Waals surface area contributed by atoms with Crippen molar-refractivity contribution in [1.29, 1.82) is 0 Å². The average molecular weight is 308 g/mol. The molecule has 0 saturated heterocycles. The molecule has 4 N–H and O–H groups in total. The second-order valence-electron chi connectivity index (χ2n) is 5.28. The van der Waals surface area contributed by atoms with Crippen LogP contribution in [0.4, 0.5) is 5.69 Å². The lowest BCUT2D eigenvalue weighted by Crippen LogP contribution is -2.19. The van der Waals surface area contributed by atoms with Crippen LogP contribution in [0, 0.1) is 6.92 Å². The maximum atomic E-state index is 12.3. The van der Waals surface area contributed by atoms with E-state index in [1.807, 2.05) is 13.0 Å². The number of pyridine rings is 1. The number of nitrogens with two attached hydrogens (primary N) is 1. The highest BCUT2D eigenvalue weighted by molar-refractivity contribution is 5.99. The minimum absolute atomic E-state index is 0.0731. The van der Waals surface area contributed by atoms with Gasteiger partial charge in [-0.3, -0.25) is 9.59 Å². The summed E-state index contributed by atoms with van der Waals surface area (Å²) in [5, 5.41) is 3.80. The van der Waals surface area contributed by atoms with Gasteiger partial charge in [0.1, 0.15) is 5.65 Å². The van der Waals surface area contributed by atoms with Crippen LogP contribution in [0.1, 0.15) is 21.5 Å². The fourth-order valence-corrected chi connectivity index (χ4v) is 2.55. The molecule has 6 heteroatoms. The number of primary amides is 1. The standard InChI is InChI=1S/C17H16N4O2/c1-10-12-6-7-19-17(12)20-9-14(10)21-15(22)8-11-4-2-3-5-13(11)16(18)23/h2-7,9H,8H2,1H3,(H2,18,23)(H,19,20)(H,21,22). The molecular formula is C17H16N4O2. The van der Waals surface area contributed by atoms with Crippen molar-refractivity contribution in [3.8, 4) is 0 Å². The molecular weight excluding hydrogens is 292 g/mol. The van der Waals surface area contributed by atoms with Crippen molar-refractivity contribution in [2.45, 2.75) is 13.3 Å². The second kappa shape index (κ2) is 5.92. The molecule has 0 radical (unpaired) electrons. The molecule has 0 fully saturated rings. The number of carbonyl (C=O) groups is 2. The van der Waals surface area contributed by atoms with Crippen LogP contribution in [0.25, 0.3) is 11.0 Å². The van der Waals surface area contributed by atoms with Crippen LogP contribution in [-0.4, -0.2) is 21.8 Å². The van der Waals surface area contributed by atoms with Gasteiger partial charge in [-0.25, -0.2) is 4.98 Å². The highest BCUT2D eigenvalue weighted by atomic mass is 16.2. The van der Waals surface area contributed by atoms with Crippen LogP contribution in [0.2, 0.25) is 0 Å². The van der Waals surface area contributed by atoms with Crippen LogP contribution < -0.4 is 11.1 Å². The Bertz CT molecular complexity index is 898. The normalized spacial score (nSPS) is 10.7. The van der Waals surface area contributed by atoms with Crippen molar-refractivity contribution >= 4 is 28.5 Å². The number of anilines is 1. The predicted octanol–water partition coefficient (Wildman–Crippen LogP) is 2.15. The number of aromatic amines is 1. The largest absolute Gasteiger partial charge is 0.366 e. The zero-order valence-corrected chi connectivity index (χ0v) is 12.6. The van der Waals surface area contributed by atoms with Gasteiger partial charge in [-0.05, 0) is 30.2 Å². The van der Waals surface area contributed by atoms with E-state index in [0.29, 0.717) is 16.8 Å². The molecule has 0 bridgehead atoms. The highest BCUT2D eigenvalue weighted by Crippen LogP contribution is 2.22. The number of aryl methyl sites for hydroxylation is 1. The van der Waals surface area contributed by atoms with Gasteiger partial charge in [-0.15, -0.1) is 0 Å². The van der Waals surface area contributed by atoms with E-state index >= 15 is 0 Å². The summed E-state index contributed by atoms with van der Waals surface area (Å²) < 4.78 is 0. The zero-order valence-electron chi connectivity index (χ0n) is 12.6. The van der Waals surface area contributed by atoms with E-state index in [1.165, 1.54) is 0 Å². The van der Waals surface area contributed by atoms with Gasteiger partial charge in [0.2, 0.25) is 11.8 Å². The number of fused-ring (bicyclic) bond motifs is 1. The molecule has 0 unspecified atom stereocenters. The lowest BCUT2D eigenvalue weighted by molar-refractivity contribution is -0.115. The maximum absolute atomic E-state index is 12.3. The SMILES string of the molecule is Cc1c(NC(=O)Cc2ccccc2C(N)=O)cnc2[nH]ccc12. The Kier molecular flexibility index (Phi) is 3.80. The lowest BCUT2D eigenvalue weighted by atomic mass is 10.0. The summed E-state index contributed by atoms with van der Waals surface area (Å²) in [5.41, 5.74) is 8.66. The second-order valence-corrected chi connectivity index (χ2v) is 5.28. The zero-order chi connectivity index (χ0) is 16.4. The Labute approximate surface area is 132 Å². The van der Waals surface area contributed by atoms with Gasteiger partial charge in [0.05, 0.1) is 18.3 Å². The smallest absolute Gasteiger partial charge is 0.248 e. The van der Waals surface area contributed by atoms with Crippen LogP contribution in [0.5, 0.6) is 0 Å². The van der Waals surface area contributed by atoms with Gasteiger partial charge in [0, 0.05) is 17.1 Å².